The number of aromatic nitrogens is 5. The van der Waals surface area contributed by atoms with Gasteiger partial charge in [0.15, 0.2) is 12.4 Å². The lowest BCUT2D eigenvalue weighted by molar-refractivity contribution is 0.00780. The largest absolute Gasteiger partial charge is 0.467 e. The number of methoxy groups -OCH3 is 1. The monoisotopic (exact) mass is 502 g/mol. The van der Waals surface area contributed by atoms with Crippen molar-refractivity contribution >= 4 is 11.7 Å². The van der Waals surface area contributed by atoms with Gasteiger partial charge in [-0.1, -0.05) is 6.07 Å². The Hall–Kier alpha value is -4.05. The Morgan fingerprint density at radius 2 is 1.84 bits per heavy atom. The lowest BCUT2D eigenvalue weighted by atomic mass is 9.96. The van der Waals surface area contributed by atoms with Gasteiger partial charge in [-0.05, 0) is 64.1 Å². The molecule has 4 heterocycles. The number of likely N-dealkylation sites (tertiary alicyclic amines) is 1. The van der Waals surface area contributed by atoms with Gasteiger partial charge in [-0.15, -0.1) is 0 Å². The third-order valence-electron chi connectivity index (χ3n) is 5.96. The molecule has 1 aromatic carbocycles. The highest BCUT2D eigenvalue weighted by Crippen LogP contribution is 2.34. The van der Waals surface area contributed by atoms with Crippen LogP contribution < -0.4 is 4.74 Å². The summed E-state index contributed by atoms with van der Waals surface area (Å²) in [5.41, 5.74) is 5.19. The van der Waals surface area contributed by atoms with Gasteiger partial charge in [-0.3, -0.25) is 0 Å². The number of imidazole rings is 1. The van der Waals surface area contributed by atoms with Crippen LogP contribution in [0.15, 0.2) is 48.7 Å². The van der Waals surface area contributed by atoms with E-state index in [2.05, 4.69) is 20.3 Å². The van der Waals surface area contributed by atoms with Crippen molar-refractivity contribution in [2.24, 2.45) is 0 Å². The molecule has 1 saturated heterocycles. The van der Waals surface area contributed by atoms with Crippen LogP contribution in [0.4, 0.5) is 4.79 Å². The molecule has 0 spiro atoms. The van der Waals surface area contributed by atoms with E-state index in [4.69, 9.17) is 14.2 Å². The van der Waals surface area contributed by atoms with Crippen molar-refractivity contribution in [2.45, 2.75) is 39.2 Å². The van der Waals surface area contributed by atoms with Gasteiger partial charge in [-0.25, -0.2) is 14.3 Å². The number of nitrogens with zero attached hydrogens (tertiary/aromatic N) is 6. The van der Waals surface area contributed by atoms with Crippen LogP contribution in [-0.2, 0) is 9.47 Å². The fourth-order valence-electron chi connectivity index (χ4n) is 4.13. The predicted molar refractivity (Wildman–Crippen MR) is 137 cm³/mol. The summed E-state index contributed by atoms with van der Waals surface area (Å²) >= 11 is 0. The van der Waals surface area contributed by atoms with Gasteiger partial charge in [0.1, 0.15) is 11.4 Å². The zero-order chi connectivity index (χ0) is 26.2. The Balaban J connectivity index is 1.34. The molecule has 37 heavy (non-hydrogen) atoms. The highest BCUT2D eigenvalue weighted by atomic mass is 16.7. The van der Waals surface area contributed by atoms with Crippen LogP contribution in [-0.4, -0.2) is 68.4 Å². The van der Waals surface area contributed by atoms with Crippen molar-refractivity contribution in [2.75, 3.05) is 27.0 Å². The molecule has 0 aliphatic carbocycles. The second-order valence-electron chi connectivity index (χ2n) is 10.1. The molecule has 3 aromatic heterocycles. The third kappa shape index (κ3) is 5.39. The van der Waals surface area contributed by atoms with Gasteiger partial charge in [0.05, 0.1) is 29.0 Å². The summed E-state index contributed by atoms with van der Waals surface area (Å²) in [5.74, 6) is 0.748. The molecular formula is C27H30N6O4. The normalized spacial score (nSPS) is 14.0. The number of rotatable bonds is 6. The van der Waals surface area contributed by atoms with Crippen LogP contribution in [0.5, 0.6) is 5.75 Å². The molecule has 1 aliphatic rings. The van der Waals surface area contributed by atoms with E-state index in [0.717, 1.165) is 33.9 Å². The number of hydrogen-bond acceptors (Lipinski definition) is 8. The average molecular weight is 503 g/mol. The van der Waals surface area contributed by atoms with Gasteiger partial charge >= 0.3 is 6.09 Å². The van der Waals surface area contributed by atoms with E-state index in [1.165, 1.54) is 0 Å². The second kappa shape index (κ2) is 9.78. The quantitative estimate of drug-likeness (QED) is 0.356. The van der Waals surface area contributed by atoms with Crippen LogP contribution in [0.25, 0.3) is 28.2 Å². The minimum Gasteiger partial charge on any atom is -0.467 e. The van der Waals surface area contributed by atoms with Crippen LogP contribution >= 0.6 is 0 Å². The van der Waals surface area contributed by atoms with E-state index < -0.39 is 5.60 Å². The van der Waals surface area contributed by atoms with E-state index in [1.807, 2.05) is 76.4 Å². The van der Waals surface area contributed by atoms with Crippen molar-refractivity contribution in [1.29, 1.82) is 0 Å². The van der Waals surface area contributed by atoms with Crippen molar-refractivity contribution in [3.05, 3.63) is 60.0 Å². The zero-order valence-corrected chi connectivity index (χ0v) is 21.6. The van der Waals surface area contributed by atoms with E-state index in [1.54, 1.807) is 16.5 Å². The van der Waals surface area contributed by atoms with Crippen molar-refractivity contribution in [1.82, 2.24) is 29.7 Å². The van der Waals surface area contributed by atoms with E-state index in [-0.39, 0.29) is 18.8 Å². The first-order valence-corrected chi connectivity index (χ1v) is 12.1. The van der Waals surface area contributed by atoms with Gasteiger partial charge in [0.25, 0.3) is 0 Å². The average Bonchev–Trinajstić information content (AvgIpc) is 3.20. The van der Waals surface area contributed by atoms with E-state index in [9.17, 15) is 4.79 Å². The maximum atomic E-state index is 12.2. The SMILES string of the molecule is COCOc1cc(-c2ccc3nc(C)cn3n2)ccc1-c1ccc(C2CN(C(=O)OC(C)(C)C)C2)nn1. The molecule has 1 amide bonds. The number of amides is 1. The minimum absolute atomic E-state index is 0.0950. The fraction of sp³-hybridized carbons (Fsp3) is 0.370. The Morgan fingerprint density at radius 1 is 1.05 bits per heavy atom. The van der Waals surface area contributed by atoms with Crippen LogP contribution in [0.1, 0.15) is 38.1 Å². The van der Waals surface area contributed by atoms with Crippen LogP contribution in [0.2, 0.25) is 0 Å². The first kappa shape index (κ1) is 24.6. The van der Waals surface area contributed by atoms with Crippen molar-refractivity contribution in [3.8, 4) is 28.3 Å². The minimum atomic E-state index is -0.511. The molecule has 0 saturated carbocycles. The maximum absolute atomic E-state index is 12.2. The van der Waals surface area contributed by atoms with Gasteiger partial charge < -0.3 is 19.1 Å². The number of carbonyl (C=O) groups excluding carboxylic acids is 1. The Labute approximate surface area is 215 Å². The molecule has 10 heteroatoms. The van der Waals surface area contributed by atoms with E-state index >= 15 is 0 Å². The molecule has 4 aromatic rings. The van der Waals surface area contributed by atoms with Crippen molar-refractivity contribution < 1.29 is 19.0 Å². The number of carbonyl (C=O) groups is 1. The summed E-state index contributed by atoms with van der Waals surface area (Å²) < 4.78 is 18.2. The highest BCUT2D eigenvalue weighted by Gasteiger charge is 2.35. The van der Waals surface area contributed by atoms with Crippen molar-refractivity contribution in [3.63, 3.8) is 0 Å². The predicted octanol–water partition coefficient (Wildman–Crippen LogP) is 4.48. The van der Waals surface area contributed by atoms with Crippen LogP contribution in [0.3, 0.4) is 0 Å². The number of ether oxygens (including phenoxy) is 3. The molecule has 0 radical (unpaired) electrons. The summed E-state index contributed by atoms with van der Waals surface area (Å²) in [5, 5.41) is 13.6. The molecule has 1 fully saturated rings. The van der Waals surface area contributed by atoms with E-state index in [0.29, 0.717) is 24.5 Å². The molecule has 0 bridgehead atoms. The van der Waals surface area contributed by atoms with Gasteiger partial charge in [-0.2, -0.15) is 15.3 Å². The summed E-state index contributed by atoms with van der Waals surface area (Å²) in [4.78, 5) is 18.3. The molecular weight excluding hydrogens is 472 g/mol. The second-order valence-corrected chi connectivity index (χ2v) is 10.1. The summed E-state index contributed by atoms with van der Waals surface area (Å²) in [7, 11) is 1.58. The maximum Gasteiger partial charge on any atom is 0.410 e. The highest BCUT2D eigenvalue weighted by molar-refractivity contribution is 5.73. The molecule has 1 aliphatic heterocycles. The summed E-state index contributed by atoms with van der Waals surface area (Å²) in [6.07, 6.45) is 1.59. The van der Waals surface area contributed by atoms with Gasteiger partial charge in [0.2, 0.25) is 0 Å². The standard InChI is InChI=1S/C27H30N6O4/c1-17-13-33-25(28-17)11-10-22(31-33)18-6-7-20(24(12-18)36-16-35-5)23-9-8-21(29-30-23)19-14-32(15-19)26(34)37-27(2,3)4/h6-13,19H,14-16H2,1-5H3. The topological polar surface area (TPSA) is 104 Å². The lowest BCUT2D eigenvalue weighted by Crippen LogP contribution is -2.50. The van der Waals surface area contributed by atoms with Crippen LogP contribution in [0, 0.1) is 6.92 Å². The lowest BCUT2D eigenvalue weighted by Gasteiger charge is -2.39. The van der Waals surface area contributed by atoms with Gasteiger partial charge in [0, 0.05) is 37.2 Å². The fourth-order valence-corrected chi connectivity index (χ4v) is 4.13. The molecule has 10 nitrogen and oxygen atoms in total. The molecule has 0 atom stereocenters. The smallest absolute Gasteiger partial charge is 0.410 e. The molecule has 0 N–H and O–H groups in total. The number of hydrogen-bond donors (Lipinski definition) is 0. The molecule has 192 valence electrons. The number of fused-ring (bicyclic) bond motifs is 1. The summed E-state index contributed by atoms with van der Waals surface area (Å²) in [6.45, 7) is 8.74. The summed E-state index contributed by atoms with van der Waals surface area (Å²) in [6, 6.07) is 13.6. The molecule has 0 unspecified atom stereocenters. The Kier molecular flexibility index (Phi) is 6.51. The third-order valence-corrected chi connectivity index (χ3v) is 5.96. The number of aryl methyl sites for hydroxylation is 1. The Bertz CT molecular complexity index is 1420. The first-order chi connectivity index (χ1) is 17.7. The molecule has 5 rings (SSSR count). The zero-order valence-electron chi connectivity index (χ0n) is 21.6. The Morgan fingerprint density at radius 3 is 2.54 bits per heavy atom. The first-order valence-electron chi connectivity index (χ1n) is 12.1. The number of benzene rings is 1.